The molecule has 0 aliphatic heterocycles. The van der Waals surface area contributed by atoms with Gasteiger partial charge in [0.25, 0.3) is 0 Å². The van der Waals surface area contributed by atoms with Gasteiger partial charge in [0.15, 0.2) is 11.6 Å². The van der Waals surface area contributed by atoms with Gasteiger partial charge in [-0.2, -0.15) is 0 Å². The van der Waals surface area contributed by atoms with E-state index in [-0.39, 0.29) is 18.2 Å². The third kappa shape index (κ3) is 4.55. The summed E-state index contributed by atoms with van der Waals surface area (Å²) in [4.78, 5) is 20.7. The van der Waals surface area contributed by atoms with Crippen molar-refractivity contribution in [1.29, 1.82) is 0 Å². The van der Waals surface area contributed by atoms with E-state index in [0.29, 0.717) is 29.5 Å². The van der Waals surface area contributed by atoms with Crippen LogP contribution in [0.2, 0.25) is 0 Å². The van der Waals surface area contributed by atoms with E-state index in [1.165, 1.54) is 0 Å². The highest BCUT2D eigenvalue weighted by Crippen LogP contribution is 2.23. The minimum atomic E-state index is -0.0211. The molecule has 0 spiro atoms. The second-order valence-electron chi connectivity index (χ2n) is 7.51. The van der Waals surface area contributed by atoms with Crippen molar-refractivity contribution < 1.29 is 9.53 Å². The van der Waals surface area contributed by atoms with Crippen LogP contribution in [-0.4, -0.2) is 37.1 Å². The average molecular weight is 415 g/mol. The molecule has 0 fully saturated rings. The Labute approximate surface area is 181 Å². The van der Waals surface area contributed by atoms with Crippen LogP contribution in [-0.2, 0) is 6.42 Å². The molecule has 7 heteroatoms. The maximum atomic E-state index is 12.8. The second-order valence-corrected chi connectivity index (χ2v) is 7.51. The van der Waals surface area contributed by atoms with Crippen molar-refractivity contribution in [2.45, 2.75) is 33.2 Å². The van der Waals surface area contributed by atoms with Crippen molar-refractivity contribution in [3.8, 4) is 28.5 Å². The third-order valence-electron chi connectivity index (χ3n) is 4.97. The van der Waals surface area contributed by atoms with Crippen LogP contribution in [0, 0.1) is 0 Å². The number of pyridine rings is 1. The summed E-state index contributed by atoms with van der Waals surface area (Å²) in [6.07, 6.45) is 1.90. The SMILES string of the molecule is CCOc1ccc(-c2ccc(C(=O)Cc3cccc(-c4nncn4C(C)C)n3)[nH]2)cc1. The molecule has 0 bridgehead atoms. The monoisotopic (exact) mass is 415 g/mol. The van der Waals surface area contributed by atoms with Crippen molar-refractivity contribution in [3.63, 3.8) is 0 Å². The van der Waals surface area contributed by atoms with E-state index < -0.39 is 0 Å². The summed E-state index contributed by atoms with van der Waals surface area (Å²) in [6, 6.07) is 17.4. The number of ketones is 1. The van der Waals surface area contributed by atoms with Gasteiger partial charge in [0, 0.05) is 17.4 Å². The zero-order valence-corrected chi connectivity index (χ0v) is 17.9. The van der Waals surface area contributed by atoms with Gasteiger partial charge in [-0.05, 0) is 74.9 Å². The fourth-order valence-corrected chi connectivity index (χ4v) is 3.39. The molecule has 31 heavy (non-hydrogen) atoms. The lowest BCUT2D eigenvalue weighted by molar-refractivity contribution is 0.0988. The number of ether oxygens (including phenoxy) is 1. The molecule has 7 nitrogen and oxygen atoms in total. The van der Waals surface area contributed by atoms with E-state index in [4.69, 9.17) is 4.74 Å². The van der Waals surface area contributed by atoms with Crippen molar-refractivity contribution in [1.82, 2.24) is 24.7 Å². The molecule has 4 aromatic rings. The van der Waals surface area contributed by atoms with Crippen LogP contribution >= 0.6 is 0 Å². The number of aromatic amines is 1. The van der Waals surface area contributed by atoms with Gasteiger partial charge in [0.1, 0.15) is 17.8 Å². The van der Waals surface area contributed by atoms with Gasteiger partial charge in [-0.25, -0.2) is 4.98 Å². The lowest BCUT2D eigenvalue weighted by Gasteiger charge is -2.10. The Hall–Kier alpha value is -3.74. The molecular formula is C24H25N5O2. The average Bonchev–Trinajstić information content (AvgIpc) is 3.45. The summed E-state index contributed by atoms with van der Waals surface area (Å²) in [7, 11) is 0. The number of hydrogen-bond donors (Lipinski definition) is 1. The summed E-state index contributed by atoms with van der Waals surface area (Å²) >= 11 is 0. The molecule has 3 aromatic heterocycles. The molecule has 1 aromatic carbocycles. The summed E-state index contributed by atoms with van der Waals surface area (Å²) in [5.74, 6) is 1.50. The third-order valence-corrected chi connectivity index (χ3v) is 4.97. The molecule has 4 rings (SSSR count). The molecule has 0 atom stereocenters. The van der Waals surface area contributed by atoms with Crippen molar-refractivity contribution in [2.75, 3.05) is 6.61 Å². The Morgan fingerprint density at radius 3 is 2.65 bits per heavy atom. The molecule has 0 aliphatic rings. The van der Waals surface area contributed by atoms with Gasteiger partial charge >= 0.3 is 0 Å². The van der Waals surface area contributed by atoms with E-state index in [1.807, 2.05) is 66.1 Å². The molecule has 3 heterocycles. The topological polar surface area (TPSA) is 85.7 Å². The normalized spacial score (nSPS) is 11.1. The first-order chi connectivity index (χ1) is 15.0. The minimum Gasteiger partial charge on any atom is -0.494 e. The van der Waals surface area contributed by atoms with Gasteiger partial charge in [-0.15, -0.1) is 10.2 Å². The fourth-order valence-electron chi connectivity index (χ4n) is 3.39. The van der Waals surface area contributed by atoms with Crippen LogP contribution in [0.4, 0.5) is 0 Å². The van der Waals surface area contributed by atoms with Crippen LogP contribution in [0.25, 0.3) is 22.8 Å². The zero-order valence-electron chi connectivity index (χ0n) is 17.9. The van der Waals surface area contributed by atoms with Crippen LogP contribution < -0.4 is 4.74 Å². The lowest BCUT2D eigenvalue weighted by Crippen LogP contribution is -2.07. The fraction of sp³-hybridized carbons (Fsp3) is 0.250. The molecule has 0 aliphatic carbocycles. The Kier molecular flexibility index (Phi) is 5.93. The predicted molar refractivity (Wildman–Crippen MR) is 119 cm³/mol. The van der Waals surface area contributed by atoms with E-state index in [1.54, 1.807) is 6.33 Å². The first-order valence-corrected chi connectivity index (χ1v) is 10.4. The first kappa shape index (κ1) is 20.5. The van der Waals surface area contributed by atoms with Gasteiger partial charge in [0.2, 0.25) is 0 Å². The predicted octanol–water partition coefficient (Wildman–Crippen LogP) is 4.74. The van der Waals surface area contributed by atoms with Gasteiger partial charge in [-0.1, -0.05) is 6.07 Å². The van der Waals surface area contributed by atoms with Crippen LogP contribution in [0.3, 0.4) is 0 Å². The molecule has 0 saturated heterocycles. The van der Waals surface area contributed by atoms with E-state index in [0.717, 1.165) is 17.0 Å². The number of carbonyl (C=O) groups excluding carboxylic acids is 1. The molecule has 0 saturated carbocycles. The Morgan fingerprint density at radius 1 is 1.10 bits per heavy atom. The highest BCUT2D eigenvalue weighted by atomic mass is 16.5. The molecule has 0 radical (unpaired) electrons. The molecule has 158 valence electrons. The molecular weight excluding hydrogens is 390 g/mol. The molecule has 0 amide bonds. The number of Topliss-reactive ketones (excluding diaryl/α,β-unsaturated/α-hetero) is 1. The number of carbonyl (C=O) groups is 1. The Morgan fingerprint density at radius 2 is 1.90 bits per heavy atom. The quantitative estimate of drug-likeness (QED) is 0.420. The van der Waals surface area contributed by atoms with E-state index >= 15 is 0 Å². The lowest BCUT2D eigenvalue weighted by atomic mass is 10.1. The number of nitrogens with zero attached hydrogens (tertiary/aromatic N) is 4. The van der Waals surface area contributed by atoms with Gasteiger partial charge in [-0.3, -0.25) is 4.79 Å². The maximum absolute atomic E-state index is 12.8. The van der Waals surface area contributed by atoms with Crippen molar-refractivity contribution >= 4 is 5.78 Å². The number of aromatic nitrogens is 5. The van der Waals surface area contributed by atoms with Gasteiger partial charge < -0.3 is 14.3 Å². The van der Waals surface area contributed by atoms with Crippen LogP contribution in [0.1, 0.15) is 43.0 Å². The second kappa shape index (κ2) is 8.95. The largest absolute Gasteiger partial charge is 0.494 e. The number of hydrogen-bond acceptors (Lipinski definition) is 5. The van der Waals surface area contributed by atoms with Crippen LogP contribution in [0.5, 0.6) is 5.75 Å². The van der Waals surface area contributed by atoms with E-state index in [2.05, 4.69) is 34.0 Å². The van der Waals surface area contributed by atoms with Crippen molar-refractivity contribution in [3.05, 3.63) is 72.3 Å². The summed E-state index contributed by atoms with van der Waals surface area (Å²) in [5, 5.41) is 8.19. The molecule has 0 unspecified atom stereocenters. The van der Waals surface area contributed by atoms with Crippen molar-refractivity contribution in [2.24, 2.45) is 0 Å². The zero-order chi connectivity index (χ0) is 21.8. The molecule has 1 N–H and O–H groups in total. The summed E-state index contributed by atoms with van der Waals surface area (Å²) in [6.45, 7) is 6.71. The Balaban J connectivity index is 1.50. The number of nitrogens with one attached hydrogen (secondary N) is 1. The number of benzene rings is 1. The standard InChI is InChI=1S/C24H25N5O2/c1-4-31-19-10-8-17(9-11-19)20-12-13-21(27-20)23(30)14-18-6-5-7-22(26-18)24-28-25-15-29(24)16(2)3/h5-13,15-16,27H,4,14H2,1-3H3. The number of H-pyrrole nitrogens is 1. The highest BCUT2D eigenvalue weighted by Gasteiger charge is 2.15. The van der Waals surface area contributed by atoms with Crippen LogP contribution in [0.15, 0.2) is 60.9 Å². The highest BCUT2D eigenvalue weighted by molar-refractivity contribution is 5.96. The smallest absolute Gasteiger partial charge is 0.184 e. The number of rotatable bonds is 8. The Bertz CT molecular complexity index is 1170. The van der Waals surface area contributed by atoms with E-state index in [9.17, 15) is 4.79 Å². The summed E-state index contributed by atoms with van der Waals surface area (Å²) < 4.78 is 7.44. The van der Waals surface area contributed by atoms with Gasteiger partial charge in [0.05, 0.1) is 18.7 Å². The summed E-state index contributed by atoms with van der Waals surface area (Å²) in [5.41, 5.74) is 3.84. The maximum Gasteiger partial charge on any atom is 0.184 e. The minimum absolute atomic E-state index is 0.0211. The first-order valence-electron chi connectivity index (χ1n) is 10.4.